The number of esters is 1. The first-order valence-electron chi connectivity index (χ1n) is 7.75. The van der Waals surface area contributed by atoms with Crippen LogP contribution < -0.4 is 10.3 Å². The number of nitrogens with one attached hydrogen (secondary N) is 1. The highest BCUT2D eigenvalue weighted by molar-refractivity contribution is 7.18. The number of carbonyl (C=O) groups is 1. The van der Waals surface area contributed by atoms with Crippen molar-refractivity contribution in [2.75, 3.05) is 7.11 Å². The normalized spacial score (nSPS) is 12.2. The van der Waals surface area contributed by atoms with Crippen molar-refractivity contribution in [2.45, 2.75) is 26.9 Å². The van der Waals surface area contributed by atoms with E-state index in [1.807, 2.05) is 13.8 Å². The maximum atomic E-state index is 12.3. The van der Waals surface area contributed by atoms with Gasteiger partial charge in [0.2, 0.25) is 0 Å². The lowest BCUT2D eigenvalue weighted by molar-refractivity contribution is 0.0320. The molecule has 0 bridgehead atoms. The van der Waals surface area contributed by atoms with Crippen LogP contribution in [0.15, 0.2) is 29.1 Å². The van der Waals surface area contributed by atoms with Crippen LogP contribution in [-0.4, -0.2) is 23.0 Å². The molecule has 1 N–H and O–H groups in total. The number of aryl methyl sites for hydroxylation is 2. The highest BCUT2D eigenvalue weighted by Gasteiger charge is 2.19. The third-order valence-electron chi connectivity index (χ3n) is 4.05. The first-order valence-corrected chi connectivity index (χ1v) is 8.57. The van der Waals surface area contributed by atoms with Crippen LogP contribution in [0.3, 0.4) is 0 Å². The van der Waals surface area contributed by atoms with Crippen molar-refractivity contribution in [3.8, 4) is 5.75 Å². The lowest BCUT2D eigenvalue weighted by Gasteiger charge is -2.12. The summed E-state index contributed by atoms with van der Waals surface area (Å²) < 4.78 is 10.5. The zero-order chi connectivity index (χ0) is 18.1. The van der Waals surface area contributed by atoms with Gasteiger partial charge in [0.15, 0.2) is 11.9 Å². The van der Waals surface area contributed by atoms with Crippen molar-refractivity contribution >= 4 is 27.5 Å². The summed E-state index contributed by atoms with van der Waals surface area (Å²) in [5.74, 6) is 0.501. The molecule has 0 saturated heterocycles. The van der Waals surface area contributed by atoms with Gasteiger partial charge in [-0.25, -0.2) is 9.78 Å². The SMILES string of the molecule is COc1ccc(C(=O)O[C@@H](C)c2nc3sc(C)c(C)c3c(=O)[nH]2)cc1. The number of aromatic nitrogens is 2. The lowest BCUT2D eigenvalue weighted by atomic mass is 10.2. The Balaban J connectivity index is 1.85. The zero-order valence-electron chi connectivity index (χ0n) is 14.4. The van der Waals surface area contributed by atoms with E-state index >= 15 is 0 Å². The van der Waals surface area contributed by atoms with Gasteiger partial charge >= 0.3 is 5.97 Å². The second-order valence-electron chi connectivity index (χ2n) is 5.69. The van der Waals surface area contributed by atoms with E-state index in [1.54, 1.807) is 38.3 Å². The fraction of sp³-hybridized carbons (Fsp3) is 0.278. The minimum atomic E-state index is -0.672. The molecule has 3 rings (SSSR count). The molecule has 2 heterocycles. The fourth-order valence-electron chi connectivity index (χ4n) is 2.48. The molecule has 1 aromatic carbocycles. The molecule has 2 aromatic heterocycles. The van der Waals surface area contributed by atoms with Gasteiger partial charge in [0.1, 0.15) is 10.6 Å². The minimum absolute atomic E-state index is 0.214. The van der Waals surface area contributed by atoms with E-state index in [4.69, 9.17) is 9.47 Å². The van der Waals surface area contributed by atoms with Gasteiger partial charge in [-0.2, -0.15) is 0 Å². The quantitative estimate of drug-likeness (QED) is 0.722. The van der Waals surface area contributed by atoms with Gasteiger partial charge in [0.25, 0.3) is 5.56 Å². The fourth-order valence-corrected chi connectivity index (χ4v) is 3.51. The molecule has 25 heavy (non-hydrogen) atoms. The van der Waals surface area contributed by atoms with E-state index in [0.29, 0.717) is 27.4 Å². The number of fused-ring (bicyclic) bond motifs is 1. The van der Waals surface area contributed by atoms with Crippen LogP contribution in [0.25, 0.3) is 10.2 Å². The standard InChI is InChI=1S/C18H18N2O4S/c1-9-11(3)25-17-14(9)16(21)19-15(20-17)10(2)24-18(22)12-5-7-13(23-4)8-6-12/h5-8,10H,1-4H3,(H,19,20,21)/t10-/m0/s1. The highest BCUT2D eigenvalue weighted by atomic mass is 32.1. The molecule has 130 valence electrons. The number of hydrogen-bond acceptors (Lipinski definition) is 6. The van der Waals surface area contributed by atoms with Gasteiger partial charge < -0.3 is 14.5 Å². The first-order chi connectivity index (χ1) is 11.9. The average molecular weight is 358 g/mol. The number of benzene rings is 1. The maximum absolute atomic E-state index is 12.3. The van der Waals surface area contributed by atoms with Crippen LogP contribution in [-0.2, 0) is 4.74 Å². The first kappa shape index (κ1) is 17.2. The number of aromatic amines is 1. The molecular formula is C18H18N2O4S. The van der Waals surface area contributed by atoms with Crippen LogP contribution in [0.4, 0.5) is 0 Å². The molecule has 1 atom stereocenters. The topological polar surface area (TPSA) is 81.3 Å². The van der Waals surface area contributed by atoms with Gasteiger partial charge in [-0.1, -0.05) is 0 Å². The van der Waals surface area contributed by atoms with Gasteiger partial charge in [-0.3, -0.25) is 4.79 Å². The van der Waals surface area contributed by atoms with Crippen molar-refractivity contribution in [3.63, 3.8) is 0 Å². The average Bonchev–Trinajstić information content (AvgIpc) is 2.89. The largest absolute Gasteiger partial charge is 0.497 e. The molecule has 0 radical (unpaired) electrons. The molecule has 0 aliphatic heterocycles. The Labute approximate surface area is 148 Å². The summed E-state index contributed by atoms with van der Waals surface area (Å²) >= 11 is 1.46. The summed E-state index contributed by atoms with van der Waals surface area (Å²) in [6, 6.07) is 6.62. The van der Waals surface area contributed by atoms with Crippen molar-refractivity contribution in [2.24, 2.45) is 0 Å². The summed E-state index contributed by atoms with van der Waals surface area (Å²) in [7, 11) is 1.56. The van der Waals surface area contributed by atoms with Crippen LogP contribution in [0.1, 0.15) is 39.7 Å². The number of nitrogens with zero attached hydrogens (tertiary/aromatic N) is 1. The van der Waals surface area contributed by atoms with Crippen molar-refractivity contribution in [1.82, 2.24) is 9.97 Å². The Hall–Kier alpha value is -2.67. The van der Waals surface area contributed by atoms with Crippen LogP contribution in [0.5, 0.6) is 5.75 Å². The molecule has 0 fully saturated rings. The third kappa shape index (κ3) is 3.28. The predicted molar refractivity (Wildman–Crippen MR) is 96.5 cm³/mol. The Morgan fingerprint density at radius 1 is 1.24 bits per heavy atom. The van der Waals surface area contributed by atoms with E-state index in [2.05, 4.69) is 9.97 Å². The maximum Gasteiger partial charge on any atom is 0.338 e. The second-order valence-corrected chi connectivity index (χ2v) is 6.89. The number of H-pyrrole nitrogens is 1. The smallest absolute Gasteiger partial charge is 0.338 e. The molecule has 6 nitrogen and oxygen atoms in total. The Bertz CT molecular complexity index is 989. The number of rotatable bonds is 4. The van der Waals surface area contributed by atoms with Gasteiger partial charge in [-0.15, -0.1) is 11.3 Å². The molecule has 7 heteroatoms. The van der Waals surface area contributed by atoms with E-state index in [0.717, 1.165) is 10.4 Å². The van der Waals surface area contributed by atoms with E-state index in [-0.39, 0.29) is 5.56 Å². The number of hydrogen-bond donors (Lipinski definition) is 1. The van der Waals surface area contributed by atoms with Crippen molar-refractivity contribution in [3.05, 3.63) is 56.4 Å². The summed E-state index contributed by atoms with van der Waals surface area (Å²) in [4.78, 5) is 33.5. The van der Waals surface area contributed by atoms with Crippen molar-refractivity contribution < 1.29 is 14.3 Å². The molecule has 0 aliphatic rings. The van der Waals surface area contributed by atoms with Crippen molar-refractivity contribution in [1.29, 1.82) is 0 Å². The molecule has 0 spiro atoms. The Morgan fingerprint density at radius 2 is 1.92 bits per heavy atom. The van der Waals surface area contributed by atoms with E-state index in [1.165, 1.54) is 11.3 Å². The van der Waals surface area contributed by atoms with Gasteiger partial charge in [-0.05, 0) is 50.6 Å². The summed E-state index contributed by atoms with van der Waals surface area (Å²) in [6.45, 7) is 5.53. The third-order valence-corrected chi connectivity index (χ3v) is 5.15. The molecule has 0 unspecified atom stereocenters. The van der Waals surface area contributed by atoms with Crippen LogP contribution in [0.2, 0.25) is 0 Å². The Kier molecular flexibility index (Phi) is 4.59. The second kappa shape index (κ2) is 6.68. The molecular weight excluding hydrogens is 340 g/mol. The zero-order valence-corrected chi connectivity index (χ0v) is 15.2. The number of methoxy groups -OCH3 is 1. The number of thiophene rings is 1. The lowest BCUT2D eigenvalue weighted by Crippen LogP contribution is -2.17. The molecule has 0 aliphatic carbocycles. The van der Waals surface area contributed by atoms with Crippen LogP contribution >= 0.6 is 11.3 Å². The van der Waals surface area contributed by atoms with Crippen LogP contribution in [0, 0.1) is 13.8 Å². The summed E-state index contributed by atoms with van der Waals surface area (Å²) in [5.41, 5.74) is 1.12. The minimum Gasteiger partial charge on any atom is -0.497 e. The van der Waals surface area contributed by atoms with E-state index in [9.17, 15) is 9.59 Å². The number of carbonyl (C=O) groups excluding carboxylic acids is 1. The highest BCUT2D eigenvalue weighted by Crippen LogP contribution is 2.27. The molecule has 0 saturated carbocycles. The number of ether oxygens (including phenoxy) is 2. The summed E-state index contributed by atoms with van der Waals surface area (Å²) in [5, 5.41) is 0.597. The van der Waals surface area contributed by atoms with Gasteiger partial charge in [0, 0.05) is 4.88 Å². The monoisotopic (exact) mass is 358 g/mol. The molecule has 3 aromatic rings. The van der Waals surface area contributed by atoms with Gasteiger partial charge in [0.05, 0.1) is 18.1 Å². The Morgan fingerprint density at radius 3 is 2.56 bits per heavy atom. The predicted octanol–water partition coefficient (Wildman–Crippen LogP) is 3.53. The summed E-state index contributed by atoms with van der Waals surface area (Å²) in [6.07, 6.45) is -0.672. The molecule has 0 amide bonds. The van der Waals surface area contributed by atoms with E-state index < -0.39 is 12.1 Å².